The van der Waals surface area contributed by atoms with Gasteiger partial charge < -0.3 is 14.7 Å². The minimum absolute atomic E-state index is 0.0497. The maximum Gasteiger partial charge on any atom is 0.247 e. The van der Waals surface area contributed by atoms with Crippen molar-refractivity contribution in [3.05, 3.63) is 48.3 Å². The summed E-state index contributed by atoms with van der Waals surface area (Å²) >= 11 is 0. The lowest BCUT2D eigenvalue weighted by molar-refractivity contribution is -0.141. The SMILES string of the molecule is CCN(Cc1ccc(N(C)C)cc1)C(=O)CN(C)C(=O)[C@@H](C)n1cccn1. The predicted octanol–water partition coefficient (Wildman–Crippen LogP) is 2.02. The highest BCUT2D eigenvalue weighted by molar-refractivity contribution is 5.86. The number of hydrogen-bond acceptors (Lipinski definition) is 4. The molecule has 1 atom stereocenters. The highest BCUT2D eigenvalue weighted by Gasteiger charge is 2.23. The highest BCUT2D eigenvalue weighted by atomic mass is 16.2. The van der Waals surface area contributed by atoms with Crippen LogP contribution in [-0.4, -0.2) is 65.6 Å². The lowest BCUT2D eigenvalue weighted by Crippen LogP contribution is -2.42. The molecule has 146 valence electrons. The summed E-state index contributed by atoms with van der Waals surface area (Å²) in [6.07, 6.45) is 3.38. The molecule has 0 saturated carbocycles. The third-order valence-electron chi connectivity index (χ3n) is 4.59. The topological polar surface area (TPSA) is 61.7 Å². The maximum atomic E-state index is 12.7. The fourth-order valence-corrected chi connectivity index (χ4v) is 2.82. The Balaban J connectivity index is 1.96. The first-order valence-corrected chi connectivity index (χ1v) is 9.11. The first kappa shape index (κ1) is 20.5. The van der Waals surface area contributed by atoms with Gasteiger partial charge in [-0.05, 0) is 37.6 Å². The number of hydrogen-bond donors (Lipinski definition) is 0. The molecule has 1 aromatic carbocycles. The maximum absolute atomic E-state index is 12.7. The van der Waals surface area contributed by atoms with E-state index in [1.165, 1.54) is 4.90 Å². The number of rotatable bonds is 8. The van der Waals surface area contributed by atoms with Crippen LogP contribution in [0.4, 0.5) is 5.69 Å². The summed E-state index contributed by atoms with van der Waals surface area (Å²) < 4.78 is 1.59. The molecule has 0 unspecified atom stereocenters. The van der Waals surface area contributed by atoms with Gasteiger partial charge in [-0.25, -0.2) is 0 Å². The molecule has 0 fully saturated rings. The van der Waals surface area contributed by atoms with Crippen LogP contribution in [0.15, 0.2) is 42.7 Å². The largest absolute Gasteiger partial charge is 0.378 e. The van der Waals surface area contributed by atoms with Gasteiger partial charge in [-0.2, -0.15) is 5.10 Å². The van der Waals surface area contributed by atoms with Crippen molar-refractivity contribution in [3.8, 4) is 0 Å². The van der Waals surface area contributed by atoms with Gasteiger partial charge in [0.15, 0.2) is 0 Å². The molecule has 2 aromatic rings. The molecule has 0 N–H and O–H groups in total. The Hall–Kier alpha value is -2.83. The molecule has 7 nitrogen and oxygen atoms in total. The van der Waals surface area contributed by atoms with Crippen LogP contribution >= 0.6 is 0 Å². The summed E-state index contributed by atoms with van der Waals surface area (Å²) in [5, 5.41) is 4.10. The lowest BCUT2D eigenvalue weighted by Gasteiger charge is -2.26. The molecule has 1 aromatic heterocycles. The van der Waals surface area contributed by atoms with E-state index in [1.54, 1.807) is 42.0 Å². The number of likely N-dealkylation sites (N-methyl/N-ethyl adjacent to an activating group) is 2. The van der Waals surface area contributed by atoms with Crippen molar-refractivity contribution in [2.24, 2.45) is 0 Å². The molecule has 2 rings (SSSR count). The third kappa shape index (κ3) is 5.32. The number of carbonyl (C=O) groups excluding carboxylic acids is 2. The van der Waals surface area contributed by atoms with Gasteiger partial charge in [0.25, 0.3) is 0 Å². The number of carbonyl (C=O) groups is 2. The van der Waals surface area contributed by atoms with Crippen molar-refractivity contribution in [2.75, 3.05) is 39.1 Å². The second kappa shape index (κ2) is 9.21. The zero-order valence-electron chi connectivity index (χ0n) is 16.8. The van der Waals surface area contributed by atoms with Gasteiger partial charge in [-0.1, -0.05) is 12.1 Å². The van der Waals surface area contributed by atoms with Crippen LogP contribution < -0.4 is 4.90 Å². The van der Waals surface area contributed by atoms with Gasteiger partial charge in [0, 0.05) is 52.3 Å². The predicted molar refractivity (Wildman–Crippen MR) is 106 cm³/mol. The minimum atomic E-state index is -0.438. The van der Waals surface area contributed by atoms with Crippen molar-refractivity contribution in [2.45, 2.75) is 26.4 Å². The Morgan fingerprint density at radius 2 is 1.81 bits per heavy atom. The van der Waals surface area contributed by atoms with Gasteiger partial charge in [-0.3, -0.25) is 14.3 Å². The van der Waals surface area contributed by atoms with Gasteiger partial charge in [0.2, 0.25) is 11.8 Å². The molecule has 27 heavy (non-hydrogen) atoms. The van der Waals surface area contributed by atoms with Crippen LogP contribution in [0.5, 0.6) is 0 Å². The molecule has 0 aliphatic rings. The zero-order chi connectivity index (χ0) is 20.0. The number of aromatic nitrogens is 2. The molecule has 0 radical (unpaired) electrons. The molecule has 2 amide bonds. The Morgan fingerprint density at radius 3 is 2.33 bits per heavy atom. The summed E-state index contributed by atoms with van der Waals surface area (Å²) in [5.41, 5.74) is 2.18. The molecule has 0 bridgehead atoms. The molecule has 0 saturated heterocycles. The first-order valence-electron chi connectivity index (χ1n) is 9.11. The molecule has 0 aliphatic heterocycles. The lowest BCUT2D eigenvalue weighted by atomic mass is 10.2. The summed E-state index contributed by atoms with van der Waals surface area (Å²) in [7, 11) is 5.64. The average molecular weight is 371 g/mol. The smallest absolute Gasteiger partial charge is 0.247 e. The highest BCUT2D eigenvalue weighted by Crippen LogP contribution is 2.14. The number of amides is 2. The van der Waals surface area contributed by atoms with E-state index in [2.05, 4.69) is 5.10 Å². The number of benzene rings is 1. The average Bonchev–Trinajstić information content (AvgIpc) is 3.19. The standard InChI is InChI=1S/C20H29N5O2/c1-6-24(14-17-8-10-18(11-9-17)22(3)4)19(26)15-23(5)20(27)16(2)25-13-7-12-21-25/h7-13,16H,6,14-15H2,1-5H3/t16-/m1/s1. The van der Waals surface area contributed by atoms with E-state index < -0.39 is 6.04 Å². The second-order valence-corrected chi connectivity index (χ2v) is 6.83. The van der Waals surface area contributed by atoms with E-state index in [0.29, 0.717) is 13.1 Å². The van der Waals surface area contributed by atoms with Crippen LogP contribution in [0.1, 0.15) is 25.5 Å². The van der Waals surface area contributed by atoms with Crippen molar-refractivity contribution < 1.29 is 9.59 Å². The molecule has 7 heteroatoms. The molecule has 1 heterocycles. The number of anilines is 1. The van der Waals surface area contributed by atoms with E-state index >= 15 is 0 Å². The summed E-state index contributed by atoms with van der Waals surface area (Å²) in [5.74, 6) is -0.212. The molecular weight excluding hydrogens is 342 g/mol. The quantitative estimate of drug-likeness (QED) is 0.712. The van der Waals surface area contributed by atoms with Crippen molar-refractivity contribution >= 4 is 17.5 Å². The van der Waals surface area contributed by atoms with Crippen LogP contribution in [0.2, 0.25) is 0 Å². The van der Waals surface area contributed by atoms with E-state index in [-0.39, 0.29) is 18.4 Å². The fraction of sp³-hybridized carbons (Fsp3) is 0.450. The fourth-order valence-electron chi connectivity index (χ4n) is 2.82. The van der Waals surface area contributed by atoms with E-state index in [1.807, 2.05) is 50.2 Å². The van der Waals surface area contributed by atoms with Gasteiger partial charge >= 0.3 is 0 Å². The minimum Gasteiger partial charge on any atom is -0.378 e. The van der Waals surface area contributed by atoms with E-state index in [9.17, 15) is 9.59 Å². The Morgan fingerprint density at radius 1 is 1.15 bits per heavy atom. The molecule has 0 aliphatic carbocycles. The van der Waals surface area contributed by atoms with Crippen molar-refractivity contribution in [1.29, 1.82) is 0 Å². The van der Waals surface area contributed by atoms with E-state index in [4.69, 9.17) is 0 Å². The summed E-state index contributed by atoms with van der Waals surface area (Å²) in [6, 6.07) is 9.46. The Labute approximate surface area is 161 Å². The summed E-state index contributed by atoms with van der Waals surface area (Å²) in [4.78, 5) is 30.5. The second-order valence-electron chi connectivity index (χ2n) is 6.83. The van der Waals surface area contributed by atoms with Crippen LogP contribution in [0.3, 0.4) is 0 Å². The van der Waals surface area contributed by atoms with Gasteiger partial charge in [-0.15, -0.1) is 0 Å². The van der Waals surface area contributed by atoms with Crippen molar-refractivity contribution in [3.63, 3.8) is 0 Å². The van der Waals surface area contributed by atoms with Crippen LogP contribution in [0.25, 0.3) is 0 Å². The van der Waals surface area contributed by atoms with Gasteiger partial charge in [0.1, 0.15) is 6.04 Å². The van der Waals surface area contributed by atoms with Gasteiger partial charge in [0.05, 0.1) is 6.54 Å². The Bertz CT molecular complexity index is 740. The van der Waals surface area contributed by atoms with E-state index in [0.717, 1.165) is 11.3 Å². The van der Waals surface area contributed by atoms with Crippen LogP contribution in [0, 0.1) is 0 Å². The molecule has 0 spiro atoms. The Kier molecular flexibility index (Phi) is 6.98. The monoisotopic (exact) mass is 371 g/mol. The zero-order valence-corrected chi connectivity index (χ0v) is 16.8. The normalized spacial score (nSPS) is 11.7. The van der Waals surface area contributed by atoms with Crippen molar-refractivity contribution in [1.82, 2.24) is 19.6 Å². The third-order valence-corrected chi connectivity index (χ3v) is 4.59. The summed E-state index contributed by atoms with van der Waals surface area (Å²) in [6.45, 7) is 4.89. The molecular formula is C20H29N5O2. The first-order chi connectivity index (χ1) is 12.8. The van der Waals surface area contributed by atoms with Crippen LogP contribution in [-0.2, 0) is 16.1 Å². The number of nitrogens with zero attached hydrogens (tertiary/aromatic N) is 5.